The molecule has 2 rings (SSSR count). The second-order valence-corrected chi connectivity index (χ2v) is 4.85. The third kappa shape index (κ3) is 2.88. The summed E-state index contributed by atoms with van der Waals surface area (Å²) in [6, 6.07) is 7.60. The van der Waals surface area contributed by atoms with E-state index >= 15 is 0 Å². The topological polar surface area (TPSA) is 63.8 Å². The molecular weight excluding hydrogens is 256 g/mol. The van der Waals surface area contributed by atoms with E-state index < -0.39 is 0 Å². The summed E-state index contributed by atoms with van der Waals surface area (Å²) < 4.78 is 0. The third-order valence-corrected chi connectivity index (χ3v) is 3.57. The molecular formula is C11H11ClN4S. The number of nitrogens with zero attached hydrogens (tertiary/aromatic N) is 2. The van der Waals surface area contributed by atoms with Crippen LogP contribution in [0.25, 0.3) is 0 Å². The van der Waals surface area contributed by atoms with Gasteiger partial charge in [0.2, 0.25) is 0 Å². The number of nitrogen functional groups attached to an aromatic ring is 1. The fourth-order valence-electron chi connectivity index (χ4n) is 1.30. The van der Waals surface area contributed by atoms with Crippen molar-refractivity contribution in [2.24, 2.45) is 5.84 Å². The van der Waals surface area contributed by atoms with E-state index in [0.717, 1.165) is 20.5 Å². The first-order valence-corrected chi connectivity index (χ1v) is 6.12. The van der Waals surface area contributed by atoms with Crippen LogP contribution in [0.1, 0.15) is 5.56 Å². The molecule has 6 heteroatoms. The number of hydrogen-bond acceptors (Lipinski definition) is 5. The van der Waals surface area contributed by atoms with Crippen molar-refractivity contribution < 1.29 is 0 Å². The van der Waals surface area contributed by atoms with E-state index in [1.54, 1.807) is 11.8 Å². The van der Waals surface area contributed by atoms with Crippen LogP contribution in [0.2, 0.25) is 5.02 Å². The molecule has 88 valence electrons. The Balaban J connectivity index is 2.27. The molecule has 0 saturated carbocycles. The fraction of sp³-hybridized carbons (Fsp3) is 0.0909. The number of rotatable bonds is 3. The molecule has 0 unspecified atom stereocenters. The molecule has 1 aromatic carbocycles. The monoisotopic (exact) mass is 266 g/mol. The molecule has 0 aliphatic heterocycles. The van der Waals surface area contributed by atoms with Gasteiger partial charge in [0, 0.05) is 15.5 Å². The molecule has 1 aromatic heterocycles. The number of aromatic nitrogens is 2. The Labute approximate surface area is 109 Å². The summed E-state index contributed by atoms with van der Waals surface area (Å²) in [6.45, 7) is 1.92. The first-order chi connectivity index (χ1) is 8.20. The van der Waals surface area contributed by atoms with E-state index in [9.17, 15) is 0 Å². The highest BCUT2D eigenvalue weighted by molar-refractivity contribution is 7.99. The molecule has 0 aliphatic carbocycles. The van der Waals surface area contributed by atoms with Crippen molar-refractivity contribution in [3.63, 3.8) is 0 Å². The lowest BCUT2D eigenvalue weighted by Crippen LogP contribution is -2.10. The Kier molecular flexibility index (Phi) is 3.83. The number of nitrogens with two attached hydrogens (primary N) is 1. The molecule has 0 atom stereocenters. The summed E-state index contributed by atoms with van der Waals surface area (Å²) in [7, 11) is 0. The van der Waals surface area contributed by atoms with E-state index in [2.05, 4.69) is 15.4 Å². The molecule has 2 aromatic rings. The molecule has 17 heavy (non-hydrogen) atoms. The lowest BCUT2D eigenvalue weighted by molar-refractivity contribution is 0.996. The van der Waals surface area contributed by atoms with Gasteiger partial charge in [0.15, 0.2) is 0 Å². The van der Waals surface area contributed by atoms with Gasteiger partial charge in [0.1, 0.15) is 17.2 Å². The second-order valence-electron chi connectivity index (χ2n) is 3.35. The molecule has 0 saturated heterocycles. The van der Waals surface area contributed by atoms with Gasteiger partial charge in [-0.05, 0) is 31.2 Å². The minimum absolute atomic E-state index is 0.636. The molecule has 1 heterocycles. The van der Waals surface area contributed by atoms with E-state index in [-0.39, 0.29) is 0 Å². The predicted octanol–water partition coefficient (Wildman–Crippen LogP) is 2.88. The van der Waals surface area contributed by atoms with Crippen molar-refractivity contribution in [2.75, 3.05) is 5.43 Å². The molecule has 0 amide bonds. The highest BCUT2D eigenvalue weighted by atomic mass is 35.5. The smallest absolute Gasteiger partial charge is 0.147 e. The molecule has 0 bridgehead atoms. The van der Waals surface area contributed by atoms with Crippen LogP contribution in [0.5, 0.6) is 0 Å². The average molecular weight is 267 g/mol. The normalized spacial score (nSPS) is 10.3. The molecule has 0 aliphatic rings. The van der Waals surface area contributed by atoms with Gasteiger partial charge in [-0.25, -0.2) is 15.8 Å². The number of hydrogen-bond donors (Lipinski definition) is 2. The van der Waals surface area contributed by atoms with Crippen molar-refractivity contribution in [1.82, 2.24) is 9.97 Å². The summed E-state index contributed by atoms with van der Waals surface area (Å²) in [5.74, 6) is 6.00. The van der Waals surface area contributed by atoms with Crippen LogP contribution in [-0.2, 0) is 0 Å². The quantitative estimate of drug-likeness (QED) is 0.508. The van der Waals surface area contributed by atoms with Crippen LogP contribution in [0.4, 0.5) is 5.82 Å². The highest BCUT2D eigenvalue weighted by Crippen LogP contribution is 2.30. The van der Waals surface area contributed by atoms with E-state index in [0.29, 0.717) is 5.82 Å². The van der Waals surface area contributed by atoms with Crippen molar-refractivity contribution in [2.45, 2.75) is 16.8 Å². The average Bonchev–Trinajstić information content (AvgIpc) is 2.35. The van der Waals surface area contributed by atoms with Gasteiger partial charge < -0.3 is 5.43 Å². The van der Waals surface area contributed by atoms with Gasteiger partial charge in [0.25, 0.3) is 0 Å². The van der Waals surface area contributed by atoms with E-state index in [4.69, 9.17) is 17.4 Å². The van der Waals surface area contributed by atoms with Gasteiger partial charge in [-0.3, -0.25) is 0 Å². The number of nitrogens with one attached hydrogen (secondary N) is 1. The number of halogens is 1. The zero-order valence-electron chi connectivity index (χ0n) is 9.14. The van der Waals surface area contributed by atoms with Crippen LogP contribution in [0, 0.1) is 6.92 Å². The minimum atomic E-state index is 0.636. The lowest BCUT2D eigenvalue weighted by atomic mass is 10.3. The van der Waals surface area contributed by atoms with E-state index in [1.165, 1.54) is 6.33 Å². The number of hydrazine groups is 1. The van der Waals surface area contributed by atoms with Gasteiger partial charge in [-0.15, -0.1) is 0 Å². The molecule has 0 spiro atoms. The highest BCUT2D eigenvalue weighted by Gasteiger charge is 2.07. The first kappa shape index (κ1) is 12.2. The van der Waals surface area contributed by atoms with Crippen molar-refractivity contribution in [3.8, 4) is 0 Å². The van der Waals surface area contributed by atoms with Crippen molar-refractivity contribution in [1.29, 1.82) is 0 Å². The Hall–Kier alpha value is -1.30. The summed E-state index contributed by atoms with van der Waals surface area (Å²) in [6.07, 6.45) is 1.49. The summed E-state index contributed by atoms with van der Waals surface area (Å²) in [4.78, 5) is 9.33. The Morgan fingerprint density at radius 1 is 1.24 bits per heavy atom. The van der Waals surface area contributed by atoms with Gasteiger partial charge in [-0.1, -0.05) is 23.4 Å². The number of benzene rings is 1. The second kappa shape index (κ2) is 5.35. The minimum Gasteiger partial charge on any atom is -0.308 e. The Morgan fingerprint density at radius 2 is 1.94 bits per heavy atom. The number of anilines is 1. The summed E-state index contributed by atoms with van der Waals surface area (Å²) >= 11 is 7.38. The first-order valence-electron chi connectivity index (χ1n) is 4.92. The van der Waals surface area contributed by atoms with Crippen LogP contribution in [0.15, 0.2) is 40.5 Å². The standard InChI is InChI=1S/C11H11ClN4S/c1-7-10(16-13)14-6-15-11(7)17-9-4-2-8(12)3-5-9/h2-6H,13H2,1H3,(H,14,15,16). The van der Waals surface area contributed by atoms with Crippen LogP contribution in [0.3, 0.4) is 0 Å². The summed E-state index contributed by atoms with van der Waals surface area (Å²) in [5, 5.41) is 1.59. The van der Waals surface area contributed by atoms with Gasteiger partial charge in [-0.2, -0.15) is 0 Å². The Bertz CT molecular complexity index is 515. The van der Waals surface area contributed by atoms with Crippen LogP contribution >= 0.6 is 23.4 Å². The van der Waals surface area contributed by atoms with E-state index in [1.807, 2.05) is 31.2 Å². The molecule has 0 radical (unpaired) electrons. The zero-order chi connectivity index (χ0) is 12.3. The van der Waals surface area contributed by atoms with Crippen molar-refractivity contribution in [3.05, 3.63) is 41.2 Å². The van der Waals surface area contributed by atoms with Gasteiger partial charge in [0.05, 0.1) is 0 Å². The third-order valence-electron chi connectivity index (χ3n) is 2.20. The van der Waals surface area contributed by atoms with Crippen LogP contribution in [-0.4, -0.2) is 9.97 Å². The maximum atomic E-state index is 5.83. The lowest BCUT2D eigenvalue weighted by Gasteiger charge is -2.07. The predicted molar refractivity (Wildman–Crippen MR) is 70.2 cm³/mol. The molecule has 0 fully saturated rings. The SMILES string of the molecule is Cc1c(NN)ncnc1Sc1ccc(Cl)cc1. The maximum absolute atomic E-state index is 5.83. The molecule has 4 nitrogen and oxygen atoms in total. The van der Waals surface area contributed by atoms with Crippen molar-refractivity contribution >= 4 is 29.2 Å². The molecule has 3 N–H and O–H groups in total. The summed E-state index contributed by atoms with van der Waals surface area (Å²) in [5.41, 5.74) is 3.47. The van der Waals surface area contributed by atoms with Crippen LogP contribution < -0.4 is 11.3 Å². The van der Waals surface area contributed by atoms with Gasteiger partial charge >= 0.3 is 0 Å². The fourth-order valence-corrected chi connectivity index (χ4v) is 2.27. The zero-order valence-corrected chi connectivity index (χ0v) is 10.7. The Morgan fingerprint density at radius 3 is 2.59 bits per heavy atom. The maximum Gasteiger partial charge on any atom is 0.147 e. The largest absolute Gasteiger partial charge is 0.308 e.